The number of rotatable bonds is 2. The van der Waals surface area contributed by atoms with E-state index in [2.05, 4.69) is 20.4 Å². The molecule has 0 aromatic carbocycles. The minimum atomic E-state index is 0.621. The highest BCUT2D eigenvalue weighted by Gasteiger charge is 2.17. The number of nitrogen functional groups attached to an aromatic ring is 1. The molecule has 2 aromatic heterocycles. The molecule has 1 aliphatic rings. The zero-order valence-corrected chi connectivity index (χ0v) is 10.3. The van der Waals surface area contributed by atoms with Gasteiger partial charge in [-0.25, -0.2) is 20.8 Å². The Morgan fingerprint density at radius 2 is 2.11 bits per heavy atom. The number of hydrogen-bond donors (Lipinski definition) is 2. The summed E-state index contributed by atoms with van der Waals surface area (Å²) in [6.45, 7) is 1.85. The quantitative estimate of drug-likeness (QED) is 0.611. The SMILES string of the molecule is Cc1nc(NN)cc(-n2cnc3c2CCCC3)n1. The van der Waals surface area contributed by atoms with Crippen LogP contribution in [0.2, 0.25) is 0 Å². The average Bonchev–Trinajstić information content (AvgIpc) is 2.81. The van der Waals surface area contributed by atoms with Crippen molar-refractivity contribution in [2.24, 2.45) is 5.84 Å². The first kappa shape index (κ1) is 11.2. The number of anilines is 1. The molecule has 0 aliphatic heterocycles. The fourth-order valence-corrected chi connectivity index (χ4v) is 2.42. The van der Waals surface area contributed by atoms with E-state index in [1.54, 1.807) is 0 Å². The molecule has 2 aromatic rings. The maximum atomic E-state index is 5.41. The molecular formula is C12H16N6. The maximum absolute atomic E-state index is 5.41. The molecule has 94 valence electrons. The van der Waals surface area contributed by atoms with Gasteiger partial charge < -0.3 is 5.43 Å². The Bertz CT molecular complexity index is 574. The molecule has 0 spiro atoms. The largest absolute Gasteiger partial charge is 0.308 e. The van der Waals surface area contributed by atoms with Gasteiger partial charge in [-0.1, -0.05) is 0 Å². The summed E-state index contributed by atoms with van der Waals surface area (Å²) in [7, 11) is 0. The molecular weight excluding hydrogens is 228 g/mol. The monoisotopic (exact) mass is 244 g/mol. The van der Waals surface area contributed by atoms with E-state index in [9.17, 15) is 0 Å². The van der Waals surface area contributed by atoms with Crippen LogP contribution in [-0.4, -0.2) is 19.5 Å². The molecule has 0 fully saturated rings. The predicted octanol–water partition coefficient (Wildman–Crippen LogP) is 1.14. The van der Waals surface area contributed by atoms with Gasteiger partial charge >= 0.3 is 0 Å². The summed E-state index contributed by atoms with van der Waals surface area (Å²) in [5.41, 5.74) is 5.03. The molecule has 6 nitrogen and oxygen atoms in total. The molecule has 0 atom stereocenters. The van der Waals surface area contributed by atoms with E-state index in [4.69, 9.17) is 5.84 Å². The summed E-state index contributed by atoms with van der Waals surface area (Å²) in [6.07, 6.45) is 6.41. The second kappa shape index (κ2) is 4.38. The van der Waals surface area contributed by atoms with Crippen molar-refractivity contribution in [3.05, 3.63) is 29.6 Å². The van der Waals surface area contributed by atoms with Crippen LogP contribution in [0.5, 0.6) is 0 Å². The topological polar surface area (TPSA) is 81.6 Å². The third-order valence-corrected chi connectivity index (χ3v) is 3.25. The van der Waals surface area contributed by atoms with Gasteiger partial charge in [0, 0.05) is 11.8 Å². The second-order valence-electron chi connectivity index (χ2n) is 4.52. The molecule has 0 radical (unpaired) electrons. The minimum absolute atomic E-state index is 0.621. The Morgan fingerprint density at radius 3 is 2.94 bits per heavy atom. The van der Waals surface area contributed by atoms with E-state index in [1.807, 2.05) is 23.9 Å². The highest BCUT2D eigenvalue weighted by atomic mass is 15.3. The van der Waals surface area contributed by atoms with Crippen molar-refractivity contribution in [1.29, 1.82) is 0 Å². The van der Waals surface area contributed by atoms with E-state index in [0.29, 0.717) is 11.6 Å². The smallest absolute Gasteiger partial charge is 0.145 e. The number of hydrogen-bond acceptors (Lipinski definition) is 5. The highest BCUT2D eigenvalue weighted by molar-refractivity contribution is 5.42. The van der Waals surface area contributed by atoms with E-state index >= 15 is 0 Å². The van der Waals surface area contributed by atoms with Crippen LogP contribution >= 0.6 is 0 Å². The summed E-state index contributed by atoms with van der Waals surface area (Å²) in [5.74, 6) is 7.55. The second-order valence-corrected chi connectivity index (χ2v) is 4.52. The number of aryl methyl sites for hydroxylation is 2. The van der Waals surface area contributed by atoms with E-state index in [-0.39, 0.29) is 0 Å². The number of fused-ring (bicyclic) bond motifs is 1. The molecule has 0 saturated carbocycles. The third kappa shape index (κ3) is 1.84. The van der Waals surface area contributed by atoms with Crippen molar-refractivity contribution < 1.29 is 0 Å². The number of nitrogens with one attached hydrogen (secondary N) is 1. The molecule has 2 heterocycles. The molecule has 0 unspecified atom stereocenters. The highest BCUT2D eigenvalue weighted by Crippen LogP contribution is 2.23. The lowest BCUT2D eigenvalue weighted by molar-refractivity contribution is 0.653. The number of imidazole rings is 1. The zero-order chi connectivity index (χ0) is 12.5. The first-order chi connectivity index (χ1) is 8.78. The maximum Gasteiger partial charge on any atom is 0.145 e. The van der Waals surface area contributed by atoms with Crippen LogP contribution in [-0.2, 0) is 12.8 Å². The van der Waals surface area contributed by atoms with Crippen LogP contribution in [0.15, 0.2) is 12.4 Å². The molecule has 0 amide bonds. The third-order valence-electron chi connectivity index (χ3n) is 3.25. The summed E-state index contributed by atoms with van der Waals surface area (Å²) in [6, 6.07) is 1.84. The van der Waals surface area contributed by atoms with Crippen LogP contribution in [0, 0.1) is 6.92 Å². The van der Waals surface area contributed by atoms with Crippen molar-refractivity contribution in [3.63, 3.8) is 0 Å². The van der Waals surface area contributed by atoms with Crippen LogP contribution < -0.4 is 11.3 Å². The van der Waals surface area contributed by atoms with Crippen LogP contribution in [0.25, 0.3) is 5.82 Å². The lowest BCUT2D eigenvalue weighted by atomic mass is 10.0. The standard InChI is InChI=1S/C12H16N6/c1-8-15-11(17-13)6-12(16-8)18-7-14-9-4-2-3-5-10(9)18/h6-7H,2-5,13H2,1H3,(H,15,16,17). The average molecular weight is 244 g/mol. The van der Waals surface area contributed by atoms with Gasteiger partial charge in [0.05, 0.1) is 5.69 Å². The molecule has 0 bridgehead atoms. The Balaban J connectivity index is 2.09. The molecule has 3 rings (SSSR count). The van der Waals surface area contributed by atoms with Crippen LogP contribution in [0.3, 0.4) is 0 Å². The Morgan fingerprint density at radius 1 is 1.28 bits per heavy atom. The zero-order valence-electron chi connectivity index (χ0n) is 10.3. The lowest BCUT2D eigenvalue weighted by Crippen LogP contribution is -2.13. The van der Waals surface area contributed by atoms with Gasteiger partial charge in [0.1, 0.15) is 23.8 Å². The Kier molecular flexibility index (Phi) is 2.71. The number of hydrazine groups is 1. The van der Waals surface area contributed by atoms with Gasteiger partial charge in [-0.15, -0.1) is 0 Å². The summed E-state index contributed by atoms with van der Waals surface area (Å²) in [5, 5.41) is 0. The van der Waals surface area contributed by atoms with Gasteiger partial charge in [-0.3, -0.25) is 4.57 Å². The number of nitrogens with two attached hydrogens (primary N) is 1. The summed E-state index contributed by atoms with van der Waals surface area (Å²) in [4.78, 5) is 13.1. The molecule has 18 heavy (non-hydrogen) atoms. The normalized spacial score (nSPS) is 14.3. The van der Waals surface area contributed by atoms with Crippen molar-refractivity contribution in [1.82, 2.24) is 19.5 Å². The lowest BCUT2D eigenvalue weighted by Gasteiger charge is -2.14. The minimum Gasteiger partial charge on any atom is -0.308 e. The number of nitrogens with zero attached hydrogens (tertiary/aromatic N) is 4. The van der Waals surface area contributed by atoms with Crippen molar-refractivity contribution in [3.8, 4) is 5.82 Å². The van der Waals surface area contributed by atoms with Crippen LogP contribution in [0.1, 0.15) is 30.1 Å². The van der Waals surface area contributed by atoms with Gasteiger partial charge in [0.2, 0.25) is 0 Å². The fourth-order valence-electron chi connectivity index (χ4n) is 2.42. The predicted molar refractivity (Wildman–Crippen MR) is 68.3 cm³/mol. The molecule has 0 saturated heterocycles. The van der Waals surface area contributed by atoms with Crippen molar-refractivity contribution in [2.45, 2.75) is 32.6 Å². The first-order valence-electron chi connectivity index (χ1n) is 6.15. The summed E-state index contributed by atoms with van der Waals surface area (Å²) >= 11 is 0. The molecule has 1 aliphatic carbocycles. The van der Waals surface area contributed by atoms with E-state index < -0.39 is 0 Å². The van der Waals surface area contributed by atoms with Gasteiger partial charge in [0.15, 0.2) is 0 Å². The Hall–Kier alpha value is -1.95. The fraction of sp³-hybridized carbons (Fsp3) is 0.417. The van der Waals surface area contributed by atoms with Crippen LogP contribution in [0.4, 0.5) is 5.82 Å². The first-order valence-corrected chi connectivity index (χ1v) is 6.15. The van der Waals surface area contributed by atoms with E-state index in [1.165, 1.54) is 24.2 Å². The summed E-state index contributed by atoms with van der Waals surface area (Å²) < 4.78 is 2.05. The molecule has 6 heteroatoms. The Labute approximate surface area is 105 Å². The van der Waals surface area contributed by atoms with E-state index in [0.717, 1.165) is 18.7 Å². The van der Waals surface area contributed by atoms with Gasteiger partial charge in [0.25, 0.3) is 0 Å². The number of aromatic nitrogens is 4. The van der Waals surface area contributed by atoms with Crippen molar-refractivity contribution in [2.75, 3.05) is 5.43 Å². The van der Waals surface area contributed by atoms with Crippen molar-refractivity contribution >= 4 is 5.82 Å². The molecule has 3 N–H and O–H groups in total. The van der Waals surface area contributed by atoms with Gasteiger partial charge in [-0.05, 0) is 32.6 Å². The van der Waals surface area contributed by atoms with Gasteiger partial charge in [-0.2, -0.15) is 0 Å².